The molecule has 0 aromatic carbocycles. The van der Waals surface area contributed by atoms with E-state index in [1.165, 1.54) is 68.2 Å². The highest BCUT2D eigenvalue weighted by atomic mass is 16.7. The van der Waals surface area contributed by atoms with Gasteiger partial charge in [-0.05, 0) is 31.1 Å². The first-order valence-electron chi connectivity index (χ1n) is 17.4. The number of ether oxygens (including phenoxy) is 5. The van der Waals surface area contributed by atoms with Crippen LogP contribution in [0.3, 0.4) is 0 Å². The van der Waals surface area contributed by atoms with Crippen LogP contribution in [0.25, 0.3) is 0 Å². The van der Waals surface area contributed by atoms with Crippen LogP contribution in [0.5, 0.6) is 0 Å². The van der Waals surface area contributed by atoms with Gasteiger partial charge in [-0.15, -0.1) is 0 Å². The Balaban J connectivity index is -0.0000000935. The number of alkyl carbamates (subject to hydrolysis) is 2. The largest absolute Gasteiger partial charge is 0.507 e. The van der Waals surface area contributed by atoms with Gasteiger partial charge in [-0.3, -0.25) is 4.79 Å². The number of hydrogen-bond acceptors (Lipinski definition) is 13. The number of rotatable bonds is 7. The Kier molecular flexibility index (Phi) is 65.6. The number of carbonyl (C=O) groups excluding carboxylic acids is 6. The number of methoxy groups -OCH3 is 4. The Bertz CT molecular complexity index is 747. The summed E-state index contributed by atoms with van der Waals surface area (Å²) in [5, 5.41) is 29.6. The van der Waals surface area contributed by atoms with Crippen molar-refractivity contribution < 1.29 is 62.7 Å². The minimum atomic E-state index is -0.657. The molecule has 0 unspecified atom stereocenters. The van der Waals surface area contributed by atoms with E-state index >= 15 is 0 Å². The van der Waals surface area contributed by atoms with Crippen LogP contribution in [0.15, 0.2) is 0 Å². The van der Waals surface area contributed by atoms with Gasteiger partial charge in [-0.2, -0.15) is 0 Å². The standard InChI is InChI=1S/C8H16.C5H11N3O3.C5H11NO2.C5H12O.C4H8O2.C3H8N2O.C3H6O3.CH4O/c1-7-3-5-8(2)6-4-7;1-6-4(9)7-3-8-5(10)11-2;1-3-4-8-5(7)6-2;1-3-5(6)4-2;1-3-4(5)6-2;1-4-3(6)5-2;1-5-3(4)6-2;1-2/h7-8H,3-6H2,1-2H3;3H2,1-2H3,(H,8,10)(H2,6,7,9);3-4H2,1-2H3,(H,6,7);5-6H,3-4H2,1-2H3;3H2,1-2H3;1-2H3,(H2,4,5,6);1-2H3;2H,1H3. The highest BCUT2D eigenvalue weighted by molar-refractivity contribution is 5.74. The van der Waals surface area contributed by atoms with Crippen LogP contribution in [0, 0.1) is 11.8 Å². The average Bonchev–Trinajstić information content (AvgIpc) is 3.21. The summed E-state index contributed by atoms with van der Waals surface area (Å²) in [5.74, 6) is 1.88. The monoisotopic (exact) mass is 777 g/mol. The topological polar surface area (TPSA) is 261 Å². The number of nitrogens with one attached hydrogen (secondary N) is 6. The molecule has 0 aromatic heterocycles. The normalized spacial score (nSPS) is 12.6. The zero-order valence-corrected chi connectivity index (χ0v) is 35.2. The van der Waals surface area contributed by atoms with Gasteiger partial charge in [0.2, 0.25) is 0 Å². The summed E-state index contributed by atoms with van der Waals surface area (Å²) in [6.07, 6.45) is 7.34. The molecule has 0 bridgehead atoms. The van der Waals surface area contributed by atoms with Crippen molar-refractivity contribution in [2.75, 3.05) is 77.0 Å². The molecule has 0 radical (unpaired) electrons. The molecule has 1 fully saturated rings. The van der Waals surface area contributed by atoms with Crippen LogP contribution in [0.4, 0.5) is 24.0 Å². The molecule has 1 aliphatic carbocycles. The molecule has 19 heteroatoms. The Morgan fingerprint density at radius 3 is 1.23 bits per heavy atom. The molecule has 1 aliphatic rings. The van der Waals surface area contributed by atoms with Crippen LogP contribution in [-0.2, 0) is 28.5 Å². The highest BCUT2D eigenvalue weighted by Crippen LogP contribution is 2.27. The second-order valence-electron chi connectivity index (χ2n) is 10.2. The molecule has 320 valence electrons. The number of aliphatic hydroxyl groups is 2. The Morgan fingerprint density at radius 2 is 1.04 bits per heavy atom. The van der Waals surface area contributed by atoms with Gasteiger partial charge in [0.1, 0.15) is 0 Å². The predicted octanol–water partition coefficient (Wildman–Crippen LogP) is 4.10. The Hall–Kier alpha value is -4.26. The van der Waals surface area contributed by atoms with E-state index in [4.69, 9.17) is 10.2 Å². The lowest BCUT2D eigenvalue weighted by Gasteiger charge is -2.22. The molecule has 19 nitrogen and oxygen atoms in total. The van der Waals surface area contributed by atoms with Crippen LogP contribution < -0.4 is 31.9 Å². The average molecular weight is 777 g/mol. The smallest absolute Gasteiger partial charge is 0.469 e. The van der Waals surface area contributed by atoms with Crippen molar-refractivity contribution in [2.45, 2.75) is 99.0 Å². The van der Waals surface area contributed by atoms with Gasteiger partial charge in [0.25, 0.3) is 0 Å². The maximum atomic E-state index is 10.5. The minimum Gasteiger partial charge on any atom is -0.469 e. The minimum absolute atomic E-state index is 0.0480. The van der Waals surface area contributed by atoms with E-state index in [9.17, 15) is 28.8 Å². The van der Waals surface area contributed by atoms with Crippen molar-refractivity contribution in [3.8, 4) is 0 Å². The van der Waals surface area contributed by atoms with Crippen LogP contribution in [0.2, 0.25) is 0 Å². The molecule has 0 spiro atoms. The fourth-order valence-electron chi connectivity index (χ4n) is 2.69. The predicted molar refractivity (Wildman–Crippen MR) is 205 cm³/mol. The van der Waals surface area contributed by atoms with Crippen LogP contribution >= 0.6 is 0 Å². The van der Waals surface area contributed by atoms with Gasteiger partial charge in [0, 0.05) is 41.7 Å². The zero-order chi connectivity index (χ0) is 43.0. The fraction of sp³-hybridized carbons (Fsp3) is 0.824. The number of esters is 1. The SMILES string of the molecule is CC1CCC(C)CC1.CCC(=O)OC.CCC(O)CC.CCCOC(=O)NC.CNC(=O)NC.CNC(=O)NCNC(=O)OC.CO.COC(=O)OC. The summed E-state index contributed by atoms with van der Waals surface area (Å²) in [7, 11) is 12.3. The van der Waals surface area contributed by atoms with E-state index in [1.54, 1.807) is 21.0 Å². The number of amides is 6. The molecule has 6 amide bonds. The van der Waals surface area contributed by atoms with E-state index in [-0.39, 0.29) is 36.9 Å². The van der Waals surface area contributed by atoms with Crippen molar-refractivity contribution >= 4 is 36.4 Å². The third-order valence-electron chi connectivity index (χ3n) is 6.09. The lowest BCUT2D eigenvalue weighted by atomic mass is 9.84. The first kappa shape index (κ1) is 63.8. The van der Waals surface area contributed by atoms with Gasteiger partial charge in [-0.25, -0.2) is 24.0 Å². The third kappa shape index (κ3) is 70.1. The van der Waals surface area contributed by atoms with Crippen molar-refractivity contribution in [3.05, 3.63) is 0 Å². The molecule has 1 rings (SSSR count). The number of hydrogen-bond donors (Lipinski definition) is 8. The van der Waals surface area contributed by atoms with Crippen LogP contribution in [0.1, 0.15) is 92.9 Å². The van der Waals surface area contributed by atoms with Gasteiger partial charge < -0.3 is 65.8 Å². The van der Waals surface area contributed by atoms with E-state index in [0.29, 0.717) is 13.0 Å². The molecule has 8 N–H and O–H groups in total. The van der Waals surface area contributed by atoms with E-state index < -0.39 is 12.2 Å². The molecule has 1 saturated carbocycles. The highest BCUT2D eigenvalue weighted by Gasteiger charge is 2.13. The van der Waals surface area contributed by atoms with Crippen molar-refractivity contribution in [3.63, 3.8) is 0 Å². The van der Waals surface area contributed by atoms with Crippen molar-refractivity contribution in [1.29, 1.82) is 0 Å². The summed E-state index contributed by atoms with van der Waals surface area (Å²) in [6, 6.07) is -0.517. The van der Waals surface area contributed by atoms with E-state index in [2.05, 4.69) is 69.4 Å². The van der Waals surface area contributed by atoms with Crippen molar-refractivity contribution in [2.24, 2.45) is 11.8 Å². The molecule has 0 aliphatic heterocycles. The number of aliphatic hydroxyl groups excluding tert-OH is 2. The Labute approximate surface area is 318 Å². The van der Waals surface area contributed by atoms with Crippen molar-refractivity contribution in [1.82, 2.24) is 31.9 Å². The van der Waals surface area contributed by atoms with Gasteiger partial charge in [0.15, 0.2) is 0 Å². The van der Waals surface area contributed by atoms with E-state index in [0.717, 1.165) is 38.2 Å². The maximum absolute atomic E-state index is 10.5. The molecular formula is C34H76N6O13. The molecule has 0 aromatic rings. The molecule has 0 heterocycles. The summed E-state index contributed by atoms with van der Waals surface area (Å²) in [4.78, 5) is 60.7. The molecular weight excluding hydrogens is 700 g/mol. The van der Waals surface area contributed by atoms with Gasteiger partial charge in [0.05, 0.1) is 47.8 Å². The van der Waals surface area contributed by atoms with Gasteiger partial charge >= 0.3 is 36.4 Å². The van der Waals surface area contributed by atoms with Gasteiger partial charge in [-0.1, -0.05) is 67.2 Å². The first-order chi connectivity index (χ1) is 25.0. The Morgan fingerprint density at radius 1 is 0.623 bits per heavy atom. The van der Waals surface area contributed by atoms with Crippen LogP contribution in [-0.4, -0.2) is 130 Å². The third-order valence-corrected chi connectivity index (χ3v) is 6.09. The lowest BCUT2D eigenvalue weighted by molar-refractivity contribution is -0.140. The zero-order valence-electron chi connectivity index (χ0n) is 35.2. The lowest BCUT2D eigenvalue weighted by Crippen LogP contribution is -2.41. The summed E-state index contributed by atoms with van der Waals surface area (Å²) < 4.78 is 21.2. The first-order valence-corrected chi connectivity index (χ1v) is 17.4. The second kappa shape index (κ2) is 54.5. The molecule has 0 atom stereocenters. The summed E-state index contributed by atoms with van der Waals surface area (Å²) >= 11 is 0. The van der Waals surface area contributed by atoms with E-state index in [1.807, 2.05) is 20.8 Å². The maximum Gasteiger partial charge on any atom is 0.507 e. The summed E-state index contributed by atoms with van der Waals surface area (Å²) in [6.45, 7) is 12.9. The second-order valence-corrected chi connectivity index (χ2v) is 10.2. The molecule has 53 heavy (non-hydrogen) atoms. The quantitative estimate of drug-likeness (QED) is 0.103. The fourth-order valence-corrected chi connectivity index (χ4v) is 2.69. The summed E-state index contributed by atoms with van der Waals surface area (Å²) in [5.41, 5.74) is 0. The number of carbonyl (C=O) groups is 6. The number of urea groups is 2. The molecule has 0 saturated heterocycles.